The standard InChI is InChI=1S/C16H23N3O4/c1-3-12(2)10-18-19-16(22)17-9-8-13-4-6-14(7-5-13)23-11-15(20)21/h4-7,10,12H,3,8-9,11H2,1-2H3,(H,20,21)(H2,17,19,22)/b18-10+. The Morgan fingerprint density at radius 1 is 1.35 bits per heavy atom. The van der Waals surface area contributed by atoms with Crippen LogP contribution in [0.25, 0.3) is 0 Å². The van der Waals surface area contributed by atoms with Crippen LogP contribution in [-0.2, 0) is 11.2 Å². The number of nitrogens with zero attached hydrogens (tertiary/aromatic N) is 1. The normalized spacial score (nSPS) is 11.9. The van der Waals surface area contributed by atoms with Crippen molar-refractivity contribution < 1.29 is 19.4 Å². The van der Waals surface area contributed by atoms with Crippen molar-refractivity contribution in [2.45, 2.75) is 26.7 Å². The third-order valence-corrected chi connectivity index (χ3v) is 3.12. The van der Waals surface area contributed by atoms with Crippen LogP contribution >= 0.6 is 0 Å². The van der Waals surface area contributed by atoms with Crippen molar-refractivity contribution >= 4 is 18.2 Å². The van der Waals surface area contributed by atoms with Crippen molar-refractivity contribution in [2.75, 3.05) is 13.2 Å². The number of hydrazone groups is 1. The highest BCUT2D eigenvalue weighted by Gasteiger charge is 2.01. The van der Waals surface area contributed by atoms with Crippen LogP contribution in [0, 0.1) is 5.92 Å². The molecule has 1 unspecified atom stereocenters. The number of ether oxygens (including phenoxy) is 1. The number of urea groups is 1. The monoisotopic (exact) mass is 321 g/mol. The van der Waals surface area contributed by atoms with E-state index in [1.165, 1.54) is 0 Å². The molecular weight excluding hydrogens is 298 g/mol. The first-order valence-corrected chi connectivity index (χ1v) is 7.51. The van der Waals surface area contributed by atoms with Gasteiger partial charge in [0, 0.05) is 12.8 Å². The van der Waals surface area contributed by atoms with Gasteiger partial charge in [0.25, 0.3) is 0 Å². The Bertz CT molecular complexity index is 529. The Morgan fingerprint density at radius 2 is 2.04 bits per heavy atom. The number of hydrogen-bond donors (Lipinski definition) is 3. The summed E-state index contributed by atoms with van der Waals surface area (Å²) in [6.45, 7) is 4.18. The molecule has 0 saturated heterocycles. The van der Waals surface area contributed by atoms with E-state index in [2.05, 4.69) is 22.8 Å². The number of nitrogens with one attached hydrogen (secondary N) is 2. The second-order valence-electron chi connectivity index (χ2n) is 5.11. The summed E-state index contributed by atoms with van der Waals surface area (Å²) in [7, 11) is 0. The molecule has 1 aromatic rings. The lowest BCUT2D eigenvalue weighted by Crippen LogP contribution is -2.33. The molecule has 1 rings (SSSR count). The highest BCUT2D eigenvalue weighted by atomic mass is 16.5. The minimum Gasteiger partial charge on any atom is -0.482 e. The van der Waals surface area contributed by atoms with Crippen LogP contribution in [0.15, 0.2) is 29.4 Å². The predicted molar refractivity (Wildman–Crippen MR) is 87.8 cm³/mol. The SMILES string of the molecule is CCC(C)/C=N/NC(=O)NCCc1ccc(OCC(=O)O)cc1. The van der Waals surface area contributed by atoms with Crippen molar-refractivity contribution in [3.05, 3.63) is 29.8 Å². The molecule has 0 spiro atoms. The summed E-state index contributed by atoms with van der Waals surface area (Å²) in [6.07, 6.45) is 3.33. The van der Waals surface area contributed by atoms with E-state index in [1.54, 1.807) is 18.3 Å². The van der Waals surface area contributed by atoms with Gasteiger partial charge in [0.1, 0.15) is 5.75 Å². The Kier molecular flexibility index (Phi) is 8.20. The van der Waals surface area contributed by atoms with E-state index >= 15 is 0 Å². The zero-order valence-electron chi connectivity index (χ0n) is 13.4. The van der Waals surface area contributed by atoms with Gasteiger partial charge >= 0.3 is 12.0 Å². The van der Waals surface area contributed by atoms with Gasteiger partial charge in [0.05, 0.1) is 0 Å². The molecule has 0 heterocycles. The maximum absolute atomic E-state index is 11.5. The molecule has 7 heteroatoms. The minimum atomic E-state index is -1.01. The number of carboxylic acid groups (broad SMARTS) is 1. The van der Waals surface area contributed by atoms with Gasteiger partial charge in [-0.3, -0.25) is 0 Å². The second-order valence-corrected chi connectivity index (χ2v) is 5.11. The zero-order valence-corrected chi connectivity index (χ0v) is 13.4. The van der Waals surface area contributed by atoms with Gasteiger partial charge in [-0.1, -0.05) is 26.0 Å². The Labute approximate surface area is 135 Å². The largest absolute Gasteiger partial charge is 0.482 e. The Hall–Kier alpha value is -2.57. The van der Waals surface area contributed by atoms with Crippen LogP contribution in [0.4, 0.5) is 4.79 Å². The van der Waals surface area contributed by atoms with E-state index in [1.807, 2.05) is 19.1 Å². The molecule has 7 nitrogen and oxygen atoms in total. The Morgan fingerprint density at radius 3 is 2.65 bits per heavy atom. The number of carbonyl (C=O) groups excluding carboxylic acids is 1. The fraction of sp³-hybridized carbons (Fsp3) is 0.438. The first kappa shape index (κ1) is 18.5. The lowest BCUT2D eigenvalue weighted by atomic mass is 10.1. The van der Waals surface area contributed by atoms with Gasteiger partial charge in [0.15, 0.2) is 6.61 Å². The summed E-state index contributed by atoms with van der Waals surface area (Å²) in [5.41, 5.74) is 3.42. The summed E-state index contributed by atoms with van der Waals surface area (Å²) in [6, 6.07) is 6.73. The van der Waals surface area contributed by atoms with Gasteiger partial charge in [0.2, 0.25) is 0 Å². The molecule has 0 bridgehead atoms. The van der Waals surface area contributed by atoms with Gasteiger partial charge < -0.3 is 15.2 Å². The van der Waals surface area contributed by atoms with E-state index < -0.39 is 5.97 Å². The molecule has 0 aliphatic heterocycles. The molecule has 0 radical (unpaired) electrons. The van der Waals surface area contributed by atoms with Gasteiger partial charge in [-0.05, 0) is 36.5 Å². The highest BCUT2D eigenvalue weighted by molar-refractivity contribution is 5.75. The lowest BCUT2D eigenvalue weighted by Gasteiger charge is -2.06. The molecule has 126 valence electrons. The van der Waals surface area contributed by atoms with E-state index in [9.17, 15) is 9.59 Å². The molecule has 23 heavy (non-hydrogen) atoms. The summed E-state index contributed by atoms with van der Waals surface area (Å²) < 4.78 is 5.04. The molecule has 0 aliphatic rings. The molecule has 1 atom stereocenters. The maximum atomic E-state index is 11.5. The van der Waals surface area contributed by atoms with Gasteiger partial charge in [-0.15, -0.1) is 0 Å². The van der Waals surface area contributed by atoms with Crippen molar-refractivity contribution in [3.63, 3.8) is 0 Å². The smallest absolute Gasteiger partial charge is 0.341 e. The van der Waals surface area contributed by atoms with Crippen LogP contribution in [0.5, 0.6) is 5.75 Å². The van der Waals surface area contributed by atoms with Crippen LogP contribution in [-0.4, -0.2) is 36.5 Å². The van der Waals surface area contributed by atoms with Crippen molar-refractivity contribution in [2.24, 2.45) is 11.0 Å². The molecule has 0 aromatic heterocycles. The Balaban J connectivity index is 2.26. The molecule has 1 aromatic carbocycles. The van der Waals surface area contributed by atoms with Crippen LogP contribution in [0.3, 0.4) is 0 Å². The fourth-order valence-corrected chi connectivity index (χ4v) is 1.59. The molecule has 0 aliphatic carbocycles. The number of hydrogen-bond acceptors (Lipinski definition) is 4. The molecule has 3 N–H and O–H groups in total. The summed E-state index contributed by atoms with van der Waals surface area (Å²) in [4.78, 5) is 21.9. The molecule has 0 saturated carbocycles. The molecule has 2 amide bonds. The average molecular weight is 321 g/mol. The molecular formula is C16H23N3O4. The second kappa shape index (κ2) is 10.2. The third-order valence-electron chi connectivity index (χ3n) is 3.12. The van der Waals surface area contributed by atoms with Crippen molar-refractivity contribution in [1.29, 1.82) is 0 Å². The lowest BCUT2D eigenvalue weighted by molar-refractivity contribution is -0.139. The maximum Gasteiger partial charge on any atom is 0.341 e. The van der Waals surface area contributed by atoms with Crippen LogP contribution in [0.2, 0.25) is 0 Å². The highest BCUT2D eigenvalue weighted by Crippen LogP contribution is 2.12. The quantitative estimate of drug-likeness (QED) is 0.478. The first-order valence-electron chi connectivity index (χ1n) is 7.51. The van der Waals surface area contributed by atoms with Crippen LogP contribution in [0.1, 0.15) is 25.8 Å². The number of carbonyl (C=O) groups is 2. The minimum absolute atomic E-state index is 0.331. The summed E-state index contributed by atoms with van der Waals surface area (Å²) in [5, 5.41) is 15.1. The zero-order chi connectivity index (χ0) is 17.1. The molecule has 0 fully saturated rings. The number of carboxylic acids is 1. The number of rotatable bonds is 9. The fourth-order valence-electron chi connectivity index (χ4n) is 1.59. The van der Waals surface area contributed by atoms with E-state index in [0.717, 1.165) is 12.0 Å². The number of aliphatic carboxylic acids is 1. The van der Waals surface area contributed by atoms with E-state index in [-0.39, 0.29) is 12.6 Å². The summed E-state index contributed by atoms with van der Waals surface area (Å²) >= 11 is 0. The van der Waals surface area contributed by atoms with Crippen molar-refractivity contribution in [1.82, 2.24) is 10.7 Å². The first-order chi connectivity index (χ1) is 11.0. The summed E-state index contributed by atoms with van der Waals surface area (Å²) in [5.74, 6) is -0.182. The van der Waals surface area contributed by atoms with Gasteiger partial charge in [-0.25, -0.2) is 15.0 Å². The van der Waals surface area contributed by atoms with Crippen molar-refractivity contribution in [3.8, 4) is 5.75 Å². The predicted octanol–water partition coefficient (Wildman–Crippen LogP) is 2.02. The van der Waals surface area contributed by atoms with Crippen LogP contribution < -0.4 is 15.5 Å². The average Bonchev–Trinajstić information content (AvgIpc) is 2.53. The van der Waals surface area contributed by atoms with Gasteiger partial charge in [-0.2, -0.15) is 5.10 Å². The van der Waals surface area contributed by atoms with E-state index in [0.29, 0.717) is 24.6 Å². The third kappa shape index (κ3) is 8.45. The number of benzene rings is 1. The topological polar surface area (TPSA) is 100 Å². The number of amides is 2. The van der Waals surface area contributed by atoms with E-state index in [4.69, 9.17) is 9.84 Å².